The quantitative estimate of drug-likeness (QED) is 0.837. The van der Waals surface area contributed by atoms with Crippen LogP contribution in [0.3, 0.4) is 0 Å². The first-order valence-corrected chi connectivity index (χ1v) is 8.55. The largest absolute Gasteiger partial charge is 0.338 e. The molecule has 0 saturated carbocycles. The van der Waals surface area contributed by atoms with Crippen LogP contribution in [0.2, 0.25) is 0 Å². The highest BCUT2D eigenvalue weighted by molar-refractivity contribution is 5.93. The highest BCUT2D eigenvalue weighted by Crippen LogP contribution is 2.20. The zero-order valence-electron chi connectivity index (χ0n) is 14.3. The van der Waals surface area contributed by atoms with Gasteiger partial charge in [-0.2, -0.15) is 0 Å². The van der Waals surface area contributed by atoms with Crippen LogP contribution in [0.25, 0.3) is 0 Å². The number of likely N-dealkylation sites (tertiary alicyclic amines) is 1. The summed E-state index contributed by atoms with van der Waals surface area (Å²) in [6.45, 7) is 6.70. The second-order valence-corrected chi connectivity index (χ2v) is 6.92. The fourth-order valence-electron chi connectivity index (χ4n) is 3.19. The molecule has 1 aliphatic rings. The summed E-state index contributed by atoms with van der Waals surface area (Å²) in [4.78, 5) is 22.3. The molecule has 0 spiro atoms. The van der Waals surface area contributed by atoms with Crippen molar-refractivity contribution in [2.24, 2.45) is 11.8 Å². The Kier molecular flexibility index (Phi) is 5.17. The Bertz CT molecular complexity index is 669. The molecule has 1 saturated heterocycles. The molecule has 128 valence electrons. The second kappa shape index (κ2) is 7.51. The molecule has 2 aromatic heterocycles. The molecule has 3 rings (SSSR count). The Balaban J connectivity index is 1.59. The van der Waals surface area contributed by atoms with Crippen LogP contribution in [0, 0.1) is 11.8 Å². The molecular formula is C17H24N6O. The van der Waals surface area contributed by atoms with Crippen molar-refractivity contribution in [2.75, 3.05) is 13.1 Å². The van der Waals surface area contributed by atoms with E-state index in [4.69, 9.17) is 0 Å². The fraction of sp³-hybridized carbons (Fsp3) is 0.588. The number of carbonyl (C=O) groups excluding carboxylic acids is 1. The molecule has 1 atom stereocenters. The molecule has 0 radical (unpaired) electrons. The highest BCUT2D eigenvalue weighted by atomic mass is 16.2. The summed E-state index contributed by atoms with van der Waals surface area (Å²) in [5, 5.41) is 8.47. The molecule has 1 aliphatic heterocycles. The smallest absolute Gasteiger partial charge is 0.257 e. The maximum absolute atomic E-state index is 12.5. The molecule has 24 heavy (non-hydrogen) atoms. The third kappa shape index (κ3) is 4.15. The predicted molar refractivity (Wildman–Crippen MR) is 89.2 cm³/mol. The molecule has 0 aliphatic carbocycles. The predicted octanol–water partition coefficient (Wildman–Crippen LogP) is 1.82. The highest BCUT2D eigenvalue weighted by Gasteiger charge is 2.25. The standard InChI is InChI=1S/C17H24N6O/c1-13(2)6-16-11-23(21-20-16)10-14-4-3-5-22(9-14)17(24)15-7-18-12-19-8-15/h7-8,11-14H,3-6,9-10H2,1-2H3. The number of aromatic nitrogens is 5. The Morgan fingerprint density at radius 1 is 1.33 bits per heavy atom. The Morgan fingerprint density at radius 3 is 2.88 bits per heavy atom. The van der Waals surface area contributed by atoms with Gasteiger partial charge >= 0.3 is 0 Å². The zero-order valence-corrected chi connectivity index (χ0v) is 14.3. The number of rotatable bonds is 5. The number of hydrogen-bond acceptors (Lipinski definition) is 5. The van der Waals surface area contributed by atoms with Gasteiger partial charge in [-0.15, -0.1) is 5.10 Å². The molecule has 7 heteroatoms. The van der Waals surface area contributed by atoms with E-state index >= 15 is 0 Å². The normalized spacial score (nSPS) is 18.1. The van der Waals surface area contributed by atoms with Gasteiger partial charge in [-0.05, 0) is 31.1 Å². The van der Waals surface area contributed by atoms with Crippen molar-refractivity contribution in [3.05, 3.63) is 36.2 Å². The Hall–Kier alpha value is -2.31. The Labute approximate surface area is 142 Å². The number of carbonyl (C=O) groups is 1. The number of piperidine rings is 1. The SMILES string of the molecule is CC(C)Cc1cn(CC2CCCN(C(=O)c3cncnc3)C2)nn1. The molecule has 7 nitrogen and oxygen atoms in total. The van der Waals surface area contributed by atoms with E-state index in [1.54, 1.807) is 12.4 Å². The summed E-state index contributed by atoms with van der Waals surface area (Å²) in [5.41, 5.74) is 1.59. The zero-order chi connectivity index (χ0) is 16.9. The minimum Gasteiger partial charge on any atom is -0.338 e. The van der Waals surface area contributed by atoms with Crippen molar-refractivity contribution in [2.45, 2.75) is 39.7 Å². The molecule has 2 aromatic rings. The average molecular weight is 328 g/mol. The second-order valence-electron chi connectivity index (χ2n) is 6.92. The van der Waals surface area contributed by atoms with Crippen molar-refractivity contribution < 1.29 is 4.79 Å². The van der Waals surface area contributed by atoms with Gasteiger partial charge in [0.25, 0.3) is 5.91 Å². The molecule has 1 fully saturated rings. The van der Waals surface area contributed by atoms with Crippen LogP contribution in [0.4, 0.5) is 0 Å². The van der Waals surface area contributed by atoms with E-state index in [-0.39, 0.29) is 5.91 Å². The first-order valence-electron chi connectivity index (χ1n) is 8.55. The minimum atomic E-state index is 0.0133. The summed E-state index contributed by atoms with van der Waals surface area (Å²) in [6.07, 6.45) is 9.69. The van der Waals surface area contributed by atoms with E-state index < -0.39 is 0 Å². The summed E-state index contributed by atoms with van der Waals surface area (Å²) in [7, 11) is 0. The van der Waals surface area contributed by atoms with Crippen molar-refractivity contribution in [1.82, 2.24) is 29.9 Å². The Morgan fingerprint density at radius 2 is 2.12 bits per heavy atom. The number of hydrogen-bond donors (Lipinski definition) is 0. The van der Waals surface area contributed by atoms with Gasteiger partial charge in [-0.1, -0.05) is 19.1 Å². The third-order valence-electron chi connectivity index (χ3n) is 4.26. The van der Waals surface area contributed by atoms with Crippen LogP contribution in [-0.4, -0.2) is 48.9 Å². The van der Waals surface area contributed by atoms with E-state index in [0.29, 0.717) is 17.4 Å². The van der Waals surface area contributed by atoms with Gasteiger partial charge in [0.1, 0.15) is 6.33 Å². The third-order valence-corrected chi connectivity index (χ3v) is 4.26. The monoisotopic (exact) mass is 328 g/mol. The molecule has 0 bridgehead atoms. The van der Waals surface area contributed by atoms with Gasteiger partial charge in [-0.3, -0.25) is 9.48 Å². The van der Waals surface area contributed by atoms with Crippen molar-refractivity contribution >= 4 is 5.91 Å². The van der Waals surface area contributed by atoms with Gasteiger partial charge < -0.3 is 4.90 Å². The summed E-state index contributed by atoms with van der Waals surface area (Å²) < 4.78 is 1.92. The van der Waals surface area contributed by atoms with Gasteiger partial charge in [0, 0.05) is 38.2 Å². The van der Waals surface area contributed by atoms with Crippen LogP contribution in [-0.2, 0) is 13.0 Å². The maximum Gasteiger partial charge on any atom is 0.257 e. The lowest BCUT2D eigenvalue weighted by Crippen LogP contribution is -2.41. The van der Waals surface area contributed by atoms with Crippen LogP contribution in [0.5, 0.6) is 0 Å². The van der Waals surface area contributed by atoms with Gasteiger partial charge in [0.2, 0.25) is 0 Å². The van der Waals surface area contributed by atoms with Crippen LogP contribution < -0.4 is 0 Å². The van der Waals surface area contributed by atoms with E-state index in [9.17, 15) is 4.79 Å². The molecular weight excluding hydrogens is 304 g/mol. The molecule has 0 N–H and O–H groups in total. The van der Waals surface area contributed by atoms with E-state index in [2.05, 4.69) is 34.1 Å². The molecule has 0 aromatic carbocycles. The van der Waals surface area contributed by atoms with Crippen LogP contribution in [0.15, 0.2) is 24.9 Å². The summed E-state index contributed by atoms with van der Waals surface area (Å²) in [6, 6.07) is 0. The summed E-state index contributed by atoms with van der Waals surface area (Å²) in [5.74, 6) is 0.992. The van der Waals surface area contributed by atoms with Crippen molar-refractivity contribution in [3.8, 4) is 0 Å². The van der Waals surface area contributed by atoms with Gasteiger partial charge in [0.05, 0.1) is 11.3 Å². The van der Waals surface area contributed by atoms with E-state index in [1.807, 2.05) is 15.8 Å². The van der Waals surface area contributed by atoms with E-state index in [0.717, 1.165) is 44.6 Å². The summed E-state index contributed by atoms with van der Waals surface area (Å²) >= 11 is 0. The maximum atomic E-state index is 12.5. The molecule has 1 unspecified atom stereocenters. The molecule has 3 heterocycles. The van der Waals surface area contributed by atoms with Crippen molar-refractivity contribution in [3.63, 3.8) is 0 Å². The van der Waals surface area contributed by atoms with Crippen LogP contribution in [0.1, 0.15) is 42.7 Å². The van der Waals surface area contributed by atoms with E-state index in [1.165, 1.54) is 6.33 Å². The fourth-order valence-corrected chi connectivity index (χ4v) is 3.19. The van der Waals surface area contributed by atoms with Crippen molar-refractivity contribution in [1.29, 1.82) is 0 Å². The lowest BCUT2D eigenvalue weighted by molar-refractivity contribution is 0.0658. The number of nitrogens with zero attached hydrogens (tertiary/aromatic N) is 6. The first-order chi connectivity index (χ1) is 11.6. The molecule has 1 amide bonds. The lowest BCUT2D eigenvalue weighted by Gasteiger charge is -2.32. The minimum absolute atomic E-state index is 0.0133. The number of amides is 1. The topological polar surface area (TPSA) is 76.8 Å². The van der Waals surface area contributed by atoms with Gasteiger partial charge in [-0.25, -0.2) is 9.97 Å². The van der Waals surface area contributed by atoms with Crippen LogP contribution >= 0.6 is 0 Å². The average Bonchev–Trinajstić information content (AvgIpc) is 3.01. The lowest BCUT2D eigenvalue weighted by atomic mass is 9.97. The van der Waals surface area contributed by atoms with Gasteiger partial charge in [0.15, 0.2) is 0 Å². The first kappa shape index (κ1) is 16.5.